The summed E-state index contributed by atoms with van der Waals surface area (Å²) < 4.78 is 0. The molecule has 0 fully saturated rings. The van der Waals surface area contributed by atoms with Gasteiger partial charge in [0.15, 0.2) is 0 Å². The molecule has 0 aromatic heterocycles. The lowest BCUT2D eigenvalue weighted by Crippen LogP contribution is -2.13. The molecule has 0 saturated carbocycles. The molecule has 20 heavy (non-hydrogen) atoms. The Morgan fingerprint density at radius 1 is 0.900 bits per heavy atom. The van der Waals surface area contributed by atoms with Crippen LogP contribution in [0.5, 0.6) is 0 Å². The molecule has 0 atom stereocenters. The van der Waals surface area contributed by atoms with Gasteiger partial charge in [-0.2, -0.15) is 0 Å². The summed E-state index contributed by atoms with van der Waals surface area (Å²) in [6, 6.07) is 19.7. The number of rotatable bonds is 4. The van der Waals surface area contributed by atoms with Crippen LogP contribution in [-0.4, -0.2) is 25.5 Å². The van der Waals surface area contributed by atoms with E-state index in [1.165, 1.54) is 27.8 Å². The Balaban J connectivity index is 2.02. The first-order valence-electron chi connectivity index (χ1n) is 7.26. The van der Waals surface area contributed by atoms with Crippen molar-refractivity contribution >= 4 is 11.1 Å². The molecule has 0 radical (unpaired) electrons. The van der Waals surface area contributed by atoms with Crippen molar-refractivity contribution in [2.75, 3.05) is 20.6 Å². The molecule has 0 saturated heterocycles. The number of benzene rings is 2. The first-order valence-corrected chi connectivity index (χ1v) is 7.26. The summed E-state index contributed by atoms with van der Waals surface area (Å²) >= 11 is 0. The van der Waals surface area contributed by atoms with Crippen molar-refractivity contribution in [3.8, 4) is 0 Å². The zero-order valence-electron chi connectivity index (χ0n) is 12.3. The van der Waals surface area contributed by atoms with E-state index in [0.29, 0.717) is 0 Å². The van der Waals surface area contributed by atoms with Crippen molar-refractivity contribution in [1.82, 2.24) is 4.90 Å². The number of hydrogen-bond donors (Lipinski definition) is 0. The monoisotopic (exact) mass is 263 g/mol. The molecule has 0 aliphatic heterocycles. The maximum atomic E-state index is 2.27. The summed E-state index contributed by atoms with van der Waals surface area (Å²) in [5, 5.41) is 0. The van der Waals surface area contributed by atoms with Crippen molar-refractivity contribution < 1.29 is 0 Å². The van der Waals surface area contributed by atoms with Crippen LogP contribution in [-0.2, 0) is 6.42 Å². The summed E-state index contributed by atoms with van der Waals surface area (Å²) in [5.41, 5.74) is 7.33. The first kappa shape index (κ1) is 13.1. The van der Waals surface area contributed by atoms with E-state index in [1.807, 2.05) is 0 Å². The lowest BCUT2D eigenvalue weighted by atomic mass is 9.98. The third-order valence-electron chi connectivity index (χ3n) is 4.01. The van der Waals surface area contributed by atoms with E-state index < -0.39 is 0 Å². The van der Waals surface area contributed by atoms with Gasteiger partial charge in [0.2, 0.25) is 0 Å². The van der Waals surface area contributed by atoms with Crippen LogP contribution in [0.4, 0.5) is 0 Å². The highest BCUT2D eigenvalue weighted by atomic mass is 15.0. The van der Waals surface area contributed by atoms with Gasteiger partial charge in [0.05, 0.1) is 0 Å². The molecule has 102 valence electrons. The highest BCUT2D eigenvalue weighted by Gasteiger charge is 2.21. The highest BCUT2D eigenvalue weighted by molar-refractivity contribution is 5.97. The standard InChI is InChI=1S/C19H21N/c1-20(2)13-12-18-17-11-7-6-10-16(17)14-19(18)15-8-4-3-5-9-15/h3-11H,12-14H2,1-2H3. The lowest BCUT2D eigenvalue weighted by molar-refractivity contribution is 0.420. The van der Waals surface area contributed by atoms with Crippen LogP contribution in [0, 0.1) is 0 Å². The summed E-state index contributed by atoms with van der Waals surface area (Å²) in [6.45, 7) is 1.10. The molecule has 1 aliphatic rings. The Bertz CT molecular complexity index is 623. The minimum atomic E-state index is 1.07. The number of nitrogens with zero attached hydrogens (tertiary/aromatic N) is 1. The predicted molar refractivity (Wildman–Crippen MR) is 86.6 cm³/mol. The summed E-state index contributed by atoms with van der Waals surface area (Å²) in [4.78, 5) is 2.26. The SMILES string of the molecule is CN(C)CCC1=C(c2ccccc2)Cc2ccccc21. The van der Waals surface area contributed by atoms with Gasteiger partial charge in [0.25, 0.3) is 0 Å². The van der Waals surface area contributed by atoms with Crippen LogP contribution in [0.25, 0.3) is 11.1 Å². The van der Waals surface area contributed by atoms with Gasteiger partial charge in [-0.15, -0.1) is 0 Å². The second kappa shape index (κ2) is 5.64. The van der Waals surface area contributed by atoms with E-state index in [2.05, 4.69) is 73.6 Å². The minimum Gasteiger partial charge on any atom is -0.309 e. The average Bonchev–Trinajstić information content (AvgIpc) is 2.84. The van der Waals surface area contributed by atoms with E-state index in [4.69, 9.17) is 0 Å². The Morgan fingerprint density at radius 2 is 1.60 bits per heavy atom. The van der Waals surface area contributed by atoms with Crippen molar-refractivity contribution in [3.05, 3.63) is 71.3 Å². The number of fused-ring (bicyclic) bond motifs is 1. The molecule has 3 rings (SSSR count). The molecule has 0 amide bonds. The van der Waals surface area contributed by atoms with E-state index >= 15 is 0 Å². The average molecular weight is 263 g/mol. The zero-order chi connectivity index (χ0) is 13.9. The summed E-state index contributed by atoms with van der Waals surface area (Å²) in [6.07, 6.45) is 2.19. The van der Waals surface area contributed by atoms with Gasteiger partial charge in [0, 0.05) is 6.54 Å². The largest absolute Gasteiger partial charge is 0.309 e. The van der Waals surface area contributed by atoms with E-state index in [1.54, 1.807) is 0 Å². The van der Waals surface area contributed by atoms with Crippen LogP contribution in [0.15, 0.2) is 54.6 Å². The molecular weight excluding hydrogens is 242 g/mol. The fourth-order valence-corrected chi connectivity index (χ4v) is 2.97. The Kier molecular flexibility index (Phi) is 3.70. The van der Waals surface area contributed by atoms with Crippen LogP contribution in [0.1, 0.15) is 23.1 Å². The fraction of sp³-hybridized carbons (Fsp3) is 0.263. The molecule has 0 unspecified atom stereocenters. The highest BCUT2D eigenvalue weighted by Crippen LogP contribution is 2.39. The smallest absolute Gasteiger partial charge is 0.00160 e. The molecule has 0 N–H and O–H groups in total. The van der Waals surface area contributed by atoms with E-state index in [-0.39, 0.29) is 0 Å². The molecule has 2 aromatic rings. The normalized spacial score (nSPS) is 13.9. The van der Waals surface area contributed by atoms with Crippen LogP contribution >= 0.6 is 0 Å². The van der Waals surface area contributed by atoms with Gasteiger partial charge < -0.3 is 4.90 Å². The van der Waals surface area contributed by atoms with Crippen LogP contribution in [0.3, 0.4) is 0 Å². The third kappa shape index (κ3) is 2.54. The lowest BCUT2D eigenvalue weighted by Gasteiger charge is -2.13. The van der Waals surface area contributed by atoms with Crippen molar-refractivity contribution in [3.63, 3.8) is 0 Å². The van der Waals surface area contributed by atoms with Crippen LogP contribution < -0.4 is 0 Å². The van der Waals surface area contributed by atoms with Crippen LogP contribution in [0.2, 0.25) is 0 Å². The van der Waals surface area contributed by atoms with Gasteiger partial charge in [-0.3, -0.25) is 0 Å². The summed E-state index contributed by atoms with van der Waals surface area (Å²) in [7, 11) is 4.28. The van der Waals surface area contributed by atoms with Crippen molar-refractivity contribution in [2.24, 2.45) is 0 Å². The van der Waals surface area contributed by atoms with Gasteiger partial charge in [-0.25, -0.2) is 0 Å². The maximum absolute atomic E-state index is 2.27. The Labute approximate surface area is 121 Å². The van der Waals surface area contributed by atoms with Gasteiger partial charge in [-0.05, 0) is 54.8 Å². The first-order chi connectivity index (χ1) is 9.75. The van der Waals surface area contributed by atoms with E-state index in [9.17, 15) is 0 Å². The second-order valence-corrected chi connectivity index (χ2v) is 5.71. The van der Waals surface area contributed by atoms with Gasteiger partial charge in [0.1, 0.15) is 0 Å². The van der Waals surface area contributed by atoms with Crippen molar-refractivity contribution in [1.29, 1.82) is 0 Å². The predicted octanol–water partition coefficient (Wildman–Crippen LogP) is 4.11. The maximum Gasteiger partial charge on any atom is 0.00160 e. The molecule has 1 aliphatic carbocycles. The topological polar surface area (TPSA) is 3.24 Å². The Morgan fingerprint density at radius 3 is 2.35 bits per heavy atom. The zero-order valence-corrected chi connectivity index (χ0v) is 12.3. The molecule has 0 bridgehead atoms. The minimum absolute atomic E-state index is 1.07. The third-order valence-corrected chi connectivity index (χ3v) is 4.01. The molecule has 1 nitrogen and oxygen atoms in total. The molecule has 0 spiro atoms. The molecule has 0 heterocycles. The quantitative estimate of drug-likeness (QED) is 0.802. The van der Waals surface area contributed by atoms with Crippen molar-refractivity contribution in [2.45, 2.75) is 12.8 Å². The molecule has 1 heteroatoms. The molecule has 2 aromatic carbocycles. The Hall–Kier alpha value is -1.86. The van der Waals surface area contributed by atoms with Gasteiger partial charge >= 0.3 is 0 Å². The van der Waals surface area contributed by atoms with E-state index in [0.717, 1.165) is 19.4 Å². The van der Waals surface area contributed by atoms with Gasteiger partial charge in [-0.1, -0.05) is 54.6 Å². The number of hydrogen-bond acceptors (Lipinski definition) is 1. The second-order valence-electron chi connectivity index (χ2n) is 5.71. The molecular formula is C19H21N. The number of allylic oxidation sites excluding steroid dienone is 1. The fourth-order valence-electron chi connectivity index (χ4n) is 2.97. The summed E-state index contributed by atoms with van der Waals surface area (Å²) in [5.74, 6) is 0.